The van der Waals surface area contributed by atoms with E-state index in [2.05, 4.69) is 14.9 Å². The number of hydrogen-bond donors (Lipinski definition) is 0. The van der Waals surface area contributed by atoms with Gasteiger partial charge in [-0.05, 0) is 56.1 Å². The summed E-state index contributed by atoms with van der Waals surface area (Å²) in [6, 6.07) is 8.69. The van der Waals surface area contributed by atoms with Gasteiger partial charge in [0.05, 0.1) is 0 Å². The highest BCUT2D eigenvalue weighted by molar-refractivity contribution is 7.99. The highest BCUT2D eigenvalue weighted by Crippen LogP contribution is 2.27. The second kappa shape index (κ2) is 9.21. The Hall–Kier alpha value is -1.17. The molecular weight excluding hydrogens is 333 g/mol. The topological polar surface area (TPSA) is 29.0 Å². The molecule has 2 heterocycles. The molecule has 3 rings (SSSR count). The van der Waals surface area contributed by atoms with E-state index in [0.29, 0.717) is 5.25 Å². The lowest BCUT2D eigenvalue weighted by Gasteiger charge is -2.31. The van der Waals surface area contributed by atoms with Gasteiger partial charge in [0, 0.05) is 24.2 Å². The van der Waals surface area contributed by atoms with E-state index in [0.717, 1.165) is 31.2 Å². The van der Waals surface area contributed by atoms with E-state index < -0.39 is 0 Å². The van der Waals surface area contributed by atoms with Crippen molar-refractivity contribution in [1.82, 2.24) is 14.9 Å². The molecule has 1 aliphatic rings. The fourth-order valence-corrected chi connectivity index (χ4v) is 3.67. The SMILES string of the molecule is Cl.Fc1ccc(CCN2CCC(Sc3ncccn3)CC2)cc1. The summed E-state index contributed by atoms with van der Waals surface area (Å²) in [4.78, 5) is 11.1. The van der Waals surface area contributed by atoms with Gasteiger partial charge in [-0.3, -0.25) is 0 Å². The molecule has 0 bridgehead atoms. The van der Waals surface area contributed by atoms with Crippen molar-refractivity contribution < 1.29 is 4.39 Å². The number of likely N-dealkylation sites (tertiary alicyclic amines) is 1. The predicted octanol–water partition coefficient (Wildman–Crippen LogP) is 3.84. The third-order valence-electron chi connectivity index (χ3n) is 3.98. The molecule has 3 nitrogen and oxygen atoms in total. The quantitative estimate of drug-likeness (QED) is 0.764. The second-order valence-corrected chi connectivity index (χ2v) is 6.83. The Morgan fingerprint density at radius 1 is 1.09 bits per heavy atom. The zero-order valence-electron chi connectivity index (χ0n) is 12.9. The van der Waals surface area contributed by atoms with Gasteiger partial charge in [0.25, 0.3) is 0 Å². The number of thioether (sulfide) groups is 1. The molecule has 124 valence electrons. The molecule has 0 unspecified atom stereocenters. The van der Waals surface area contributed by atoms with Gasteiger partial charge in [0.1, 0.15) is 5.82 Å². The molecule has 0 saturated carbocycles. The number of rotatable bonds is 5. The monoisotopic (exact) mass is 353 g/mol. The number of halogens is 2. The van der Waals surface area contributed by atoms with Gasteiger partial charge in [-0.15, -0.1) is 12.4 Å². The highest BCUT2D eigenvalue weighted by Gasteiger charge is 2.20. The molecule has 23 heavy (non-hydrogen) atoms. The number of hydrogen-bond acceptors (Lipinski definition) is 4. The molecule has 0 amide bonds. The van der Waals surface area contributed by atoms with Crippen molar-refractivity contribution in [2.75, 3.05) is 19.6 Å². The summed E-state index contributed by atoms with van der Waals surface area (Å²) in [5.74, 6) is -0.162. The first-order chi connectivity index (χ1) is 10.8. The fourth-order valence-electron chi connectivity index (χ4n) is 2.68. The van der Waals surface area contributed by atoms with Gasteiger partial charge in [-0.2, -0.15) is 0 Å². The van der Waals surface area contributed by atoms with Gasteiger partial charge in [-0.25, -0.2) is 14.4 Å². The average Bonchev–Trinajstić information content (AvgIpc) is 2.57. The van der Waals surface area contributed by atoms with E-state index in [9.17, 15) is 4.39 Å². The Balaban J connectivity index is 0.00000192. The lowest BCUT2D eigenvalue weighted by molar-refractivity contribution is 0.235. The van der Waals surface area contributed by atoms with E-state index in [1.807, 2.05) is 18.2 Å². The summed E-state index contributed by atoms with van der Waals surface area (Å²) in [6.45, 7) is 3.28. The molecule has 0 aliphatic carbocycles. The van der Waals surface area contributed by atoms with Crippen LogP contribution in [0, 0.1) is 5.82 Å². The first-order valence-corrected chi connectivity index (χ1v) is 8.58. The first-order valence-electron chi connectivity index (χ1n) is 7.70. The van der Waals surface area contributed by atoms with Crippen molar-refractivity contribution in [1.29, 1.82) is 0 Å². The molecule has 0 N–H and O–H groups in total. The lowest BCUT2D eigenvalue weighted by atomic mass is 10.1. The molecule has 0 spiro atoms. The summed E-state index contributed by atoms with van der Waals surface area (Å²) in [6.07, 6.45) is 6.93. The van der Waals surface area contributed by atoms with Gasteiger partial charge < -0.3 is 4.90 Å². The maximum atomic E-state index is 12.9. The van der Waals surface area contributed by atoms with Crippen LogP contribution in [0.15, 0.2) is 47.9 Å². The Morgan fingerprint density at radius 3 is 2.39 bits per heavy atom. The first kappa shape index (κ1) is 18.2. The fraction of sp³-hybridized carbons (Fsp3) is 0.412. The van der Waals surface area contributed by atoms with Gasteiger partial charge in [-0.1, -0.05) is 23.9 Å². The van der Waals surface area contributed by atoms with E-state index in [1.54, 1.807) is 24.2 Å². The summed E-state index contributed by atoms with van der Waals surface area (Å²) in [7, 11) is 0. The molecule has 1 aromatic heterocycles. The van der Waals surface area contributed by atoms with Crippen LogP contribution < -0.4 is 0 Å². The average molecular weight is 354 g/mol. The van der Waals surface area contributed by atoms with Gasteiger partial charge in [0.15, 0.2) is 5.16 Å². The van der Waals surface area contributed by atoms with Crippen LogP contribution in [0.25, 0.3) is 0 Å². The van der Waals surface area contributed by atoms with Crippen LogP contribution in [0.1, 0.15) is 18.4 Å². The van der Waals surface area contributed by atoms with Crippen molar-refractivity contribution in [2.24, 2.45) is 0 Å². The summed E-state index contributed by atoms with van der Waals surface area (Å²) in [5, 5.41) is 1.50. The predicted molar refractivity (Wildman–Crippen MR) is 94.7 cm³/mol. The normalized spacial score (nSPS) is 16.0. The van der Waals surface area contributed by atoms with Crippen molar-refractivity contribution in [3.63, 3.8) is 0 Å². The third-order valence-corrected chi connectivity index (χ3v) is 5.21. The van der Waals surface area contributed by atoms with E-state index in [-0.39, 0.29) is 18.2 Å². The van der Waals surface area contributed by atoms with Crippen molar-refractivity contribution in [3.05, 3.63) is 54.1 Å². The zero-order chi connectivity index (χ0) is 15.2. The van der Waals surface area contributed by atoms with E-state index in [1.165, 1.54) is 30.5 Å². The van der Waals surface area contributed by atoms with Crippen LogP contribution in [0.2, 0.25) is 0 Å². The van der Waals surface area contributed by atoms with Crippen molar-refractivity contribution in [3.8, 4) is 0 Å². The Labute approximate surface area is 147 Å². The smallest absolute Gasteiger partial charge is 0.187 e. The minimum absolute atomic E-state index is 0. The van der Waals surface area contributed by atoms with Crippen LogP contribution in [0.5, 0.6) is 0 Å². The zero-order valence-corrected chi connectivity index (χ0v) is 14.5. The number of aromatic nitrogens is 2. The van der Waals surface area contributed by atoms with Crippen LogP contribution in [0.4, 0.5) is 4.39 Å². The minimum atomic E-state index is -0.162. The molecule has 2 aromatic rings. The summed E-state index contributed by atoms with van der Waals surface area (Å²) in [5.41, 5.74) is 1.20. The number of benzene rings is 1. The molecule has 1 aliphatic heterocycles. The molecule has 0 radical (unpaired) electrons. The Bertz CT molecular complexity index is 574. The maximum Gasteiger partial charge on any atom is 0.187 e. The van der Waals surface area contributed by atoms with E-state index in [4.69, 9.17) is 0 Å². The molecule has 0 atom stereocenters. The minimum Gasteiger partial charge on any atom is -0.303 e. The molecule has 6 heteroatoms. The Morgan fingerprint density at radius 2 is 1.74 bits per heavy atom. The summed E-state index contributed by atoms with van der Waals surface area (Å²) >= 11 is 1.79. The lowest BCUT2D eigenvalue weighted by Crippen LogP contribution is -2.36. The third kappa shape index (κ3) is 5.75. The Kier molecular flexibility index (Phi) is 7.27. The second-order valence-electron chi connectivity index (χ2n) is 5.57. The largest absolute Gasteiger partial charge is 0.303 e. The van der Waals surface area contributed by atoms with Gasteiger partial charge in [0.2, 0.25) is 0 Å². The van der Waals surface area contributed by atoms with Crippen LogP contribution in [-0.4, -0.2) is 39.8 Å². The van der Waals surface area contributed by atoms with Crippen LogP contribution >= 0.6 is 24.2 Å². The number of piperidine rings is 1. The summed E-state index contributed by atoms with van der Waals surface area (Å²) < 4.78 is 12.9. The van der Waals surface area contributed by atoms with Gasteiger partial charge >= 0.3 is 0 Å². The van der Waals surface area contributed by atoms with Crippen LogP contribution in [-0.2, 0) is 6.42 Å². The molecular formula is C17H21ClFN3S. The van der Waals surface area contributed by atoms with Crippen LogP contribution in [0.3, 0.4) is 0 Å². The van der Waals surface area contributed by atoms with Crippen molar-refractivity contribution >= 4 is 24.2 Å². The standard InChI is InChI=1S/C17H20FN3S.ClH/c18-15-4-2-14(3-5-15)6-11-21-12-7-16(8-13-21)22-17-19-9-1-10-20-17;/h1-5,9-10,16H,6-8,11-13H2;1H. The molecule has 1 fully saturated rings. The van der Waals surface area contributed by atoms with E-state index >= 15 is 0 Å². The molecule has 1 aromatic carbocycles. The highest BCUT2D eigenvalue weighted by atomic mass is 35.5. The van der Waals surface area contributed by atoms with Crippen molar-refractivity contribution in [2.45, 2.75) is 29.7 Å². The maximum absolute atomic E-state index is 12.9. The molecule has 1 saturated heterocycles. The number of nitrogens with zero attached hydrogens (tertiary/aromatic N) is 3.